The molecule has 1 aromatic heterocycles. The summed E-state index contributed by atoms with van der Waals surface area (Å²) in [7, 11) is 2.16. The quantitative estimate of drug-likeness (QED) is 0.824. The van der Waals surface area contributed by atoms with E-state index in [1.807, 2.05) is 12.5 Å². The van der Waals surface area contributed by atoms with Crippen molar-refractivity contribution in [2.24, 2.45) is 5.73 Å². The van der Waals surface area contributed by atoms with Crippen molar-refractivity contribution in [3.8, 4) is 0 Å². The number of aromatic nitrogens is 2. The third kappa shape index (κ3) is 4.19. The zero-order chi connectivity index (χ0) is 13.5. The van der Waals surface area contributed by atoms with Crippen LogP contribution in [0.15, 0.2) is 42.9 Å². The van der Waals surface area contributed by atoms with Crippen LogP contribution in [0.5, 0.6) is 0 Å². The minimum atomic E-state index is 0.555. The molecule has 0 aliphatic rings. The predicted octanol–water partition coefficient (Wildman–Crippen LogP) is 1.86. The molecule has 1 heterocycles. The Balaban J connectivity index is 1.74. The Hall–Kier alpha value is -1.65. The maximum atomic E-state index is 5.66. The van der Waals surface area contributed by atoms with Gasteiger partial charge in [-0.1, -0.05) is 30.3 Å². The maximum absolute atomic E-state index is 5.66. The lowest BCUT2D eigenvalue weighted by molar-refractivity contribution is 0.313. The van der Waals surface area contributed by atoms with Crippen LogP contribution in [0.3, 0.4) is 0 Å². The SMILES string of the molecule is CN(CCCn1cncc1CN)Cc1ccccc1. The van der Waals surface area contributed by atoms with Gasteiger partial charge in [0.25, 0.3) is 0 Å². The van der Waals surface area contributed by atoms with E-state index in [1.54, 1.807) is 0 Å². The van der Waals surface area contributed by atoms with E-state index >= 15 is 0 Å². The van der Waals surface area contributed by atoms with Gasteiger partial charge in [0, 0.05) is 25.8 Å². The summed E-state index contributed by atoms with van der Waals surface area (Å²) >= 11 is 0. The number of nitrogens with zero attached hydrogens (tertiary/aromatic N) is 3. The lowest BCUT2D eigenvalue weighted by atomic mass is 10.2. The normalized spacial score (nSPS) is 11.1. The third-order valence-corrected chi connectivity index (χ3v) is 3.24. The molecule has 19 heavy (non-hydrogen) atoms. The van der Waals surface area contributed by atoms with E-state index in [-0.39, 0.29) is 0 Å². The summed E-state index contributed by atoms with van der Waals surface area (Å²) in [4.78, 5) is 6.47. The van der Waals surface area contributed by atoms with Crippen LogP contribution >= 0.6 is 0 Å². The van der Waals surface area contributed by atoms with Crippen molar-refractivity contribution in [1.29, 1.82) is 0 Å². The molecular weight excluding hydrogens is 236 g/mol. The standard InChI is InChI=1S/C15H22N4/c1-18(12-14-6-3-2-4-7-14)8-5-9-19-13-17-11-15(19)10-16/h2-4,6-7,11,13H,5,8-10,12,16H2,1H3. The number of hydrogen-bond acceptors (Lipinski definition) is 3. The van der Waals surface area contributed by atoms with Crippen LogP contribution in [0, 0.1) is 0 Å². The van der Waals surface area contributed by atoms with Gasteiger partial charge in [-0.3, -0.25) is 0 Å². The highest BCUT2D eigenvalue weighted by Gasteiger charge is 2.02. The molecule has 0 radical (unpaired) electrons. The minimum Gasteiger partial charge on any atom is -0.333 e. The van der Waals surface area contributed by atoms with Crippen molar-refractivity contribution in [2.75, 3.05) is 13.6 Å². The second-order valence-corrected chi connectivity index (χ2v) is 4.86. The summed E-state index contributed by atoms with van der Waals surface area (Å²) < 4.78 is 2.14. The molecule has 2 aromatic rings. The third-order valence-electron chi connectivity index (χ3n) is 3.24. The largest absolute Gasteiger partial charge is 0.333 e. The van der Waals surface area contributed by atoms with E-state index in [1.165, 1.54) is 5.56 Å². The minimum absolute atomic E-state index is 0.555. The van der Waals surface area contributed by atoms with E-state index in [0.29, 0.717) is 6.54 Å². The summed E-state index contributed by atoms with van der Waals surface area (Å²) in [6, 6.07) is 10.6. The predicted molar refractivity (Wildman–Crippen MR) is 77.5 cm³/mol. The Morgan fingerprint density at radius 2 is 2.05 bits per heavy atom. The summed E-state index contributed by atoms with van der Waals surface area (Å²) in [6.07, 6.45) is 4.81. The molecule has 4 nitrogen and oxygen atoms in total. The first-order chi connectivity index (χ1) is 9.29. The molecule has 0 saturated carbocycles. The Morgan fingerprint density at radius 3 is 2.79 bits per heavy atom. The average molecular weight is 258 g/mol. The lowest BCUT2D eigenvalue weighted by Crippen LogP contribution is -2.20. The fourth-order valence-corrected chi connectivity index (χ4v) is 2.20. The molecule has 0 atom stereocenters. The molecule has 0 unspecified atom stereocenters. The summed E-state index contributed by atoms with van der Waals surface area (Å²) in [5.74, 6) is 0. The van der Waals surface area contributed by atoms with Gasteiger partial charge in [0.2, 0.25) is 0 Å². The van der Waals surface area contributed by atoms with Crippen molar-refractivity contribution in [3.05, 3.63) is 54.1 Å². The summed E-state index contributed by atoms with van der Waals surface area (Å²) in [6.45, 7) is 3.59. The molecular formula is C15H22N4. The lowest BCUT2D eigenvalue weighted by Gasteiger charge is -2.17. The van der Waals surface area contributed by atoms with E-state index < -0.39 is 0 Å². The van der Waals surface area contributed by atoms with Crippen molar-refractivity contribution in [1.82, 2.24) is 14.5 Å². The molecule has 102 valence electrons. The van der Waals surface area contributed by atoms with Crippen LogP contribution in [0.4, 0.5) is 0 Å². The molecule has 2 rings (SSSR count). The Labute approximate surface area is 114 Å². The van der Waals surface area contributed by atoms with E-state index in [0.717, 1.165) is 31.7 Å². The van der Waals surface area contributed by atoms with E-state index in [4.69, 9.17) is 5.73 Å². The van der Waals surface area contributed by atoms with Crippen LogP contribution in [-0.4, -0.2) is 28.0 Å². The van der Waals surface area contributed by atoms with Crippen molar-refractivity contribution in [2.45, 2.75) is 26.1 Å². The van der Waals surface area contributed by atoms with Crippen LogP contribution < -0.4 is 5.73 Å². The summed E-state index contributed by atoms with van der Waals surface area (Å²) in [5.41, 5.74) is 8.12. The second kappa shape index (κ2) is 7.07. The van der Waals surface area contributed by atoms with E-state index in [9.17, 15) is 0 Å². The van der Waals surface area contributed by atoms with Gasteiger partial charge in [0.1, 0.15) is 0 Å². The molecule has 2 N–H and O–H groups in total. The molecule has 0 aliphatic heterocycles. The fraction of sp³-hybridized carbons (Fsp3) is 0.400. The molecule has 4 heteroatoms. The number of aryl methyl sites for hydroxylation is 1. The maximum Gasteiger partial charge on any atom is 0.0948 e. The van der Waals surface area contributed by atoms with Gasteiger partial charge in [0.15, 0.2) is 0 Å². The Morgan fingerprint density at radius 1 is 1.26 bits per heavy atom. The van der Waals surface area contributed by atoms with Crippen molar-refractivity contribution in [3.63, 3.8) is 0 Å². The number of benzene rings is 1. The zero-order valence-corrected chi connectivity index (χ0v) is 11.5. The van der Waals surface area contributed by atoms with Crippen LogP contribution in [-0.2, 0) is 19.6 Å². The zero-order valence-electron chi connectivity index (χ0n) is 11.5. The van der Waals surface area contributed by atoms with E-state index in [2.05, 4.69) is 51.8 Å². The van der Waals surface area contributed by atoms with Gasteiger partial charge in [-0.05, 0) is 25.6 Å². The topological polar surface area (TPSA) is 47.1 Å². The second-order valence-electron chi connectivity index (χ2n) is 4.86. The van der Waals surface area contributed by atoms with Gasteiger partial charge in [0.05, 0.1) is 12.0 Å². The highest BCUT2D eigenvalue weighted by Crippen LogP contribution is 2.04. The number of nitrogens with two attached hydrogens (primary N) is 1. The monoisotopic (exact) mass is 258 g/mol. The van der Waals surface area contributed by atoms with Gasteiger partial charge in [-0.25, -0.2) is 4.98 Å². The molecule has 0 fully saturated rings. The first-order valence-corrected chi connectivity index (χ1v) is 6.71. The van der Waals surface area contributed by atoms with Gasteiger partial charge in [-0.2, -0.15) is 0 Å². The van der Waals surface area contributed by atoms with Gasteiger partial charge >= 0.3 is 0 Å². The Bertz CT molecular complexity index is 478. The Kier molecular flexibility index (Phi) is 5.12. The first kappa shape index (κ1) is 13.8. The van der Waals surface area contributed by atoms with Gasteiger partial charge in [-0.15, -0.1) is 0 Å². The van der Waals surface area contributed by atoms with Crippen molar-refractivity contribution >= 4 is 0 Å². The molecule has 0 saturated heterocycles. The summed E-state index contributed by atoms with van der Waals surface area (Å²) in [5, 5.41) is 0. The molecule has 0 aliphatic carbocycles. The molecule has 1 aromatic carbocycles. The molecule has 0 amide bonds. The van der Waals surface area contributed by atoms with Crippen molar-refractivity contribution < 1.29 is 0 Å². The fourth-order valence-electron chi connectivity index (χ4n) is 2.20. The van der Waals surface area contributed by atoms with Crippen LogP contribution in [0.25, 0.3) is 0 Å². The first-order valence-electron chi connectivity index (χ1n) is 6.71. The van der Waals surface area contributed by atoms with Crippen LogP contribution in [0.1, 0.15) is 17.7 Å². The molecule has 0 bridgehead atoms. The number of imidazole rings is 1. The van der Waals surface area contributed by atoms with Crippen LogP contribution in [0.2, 0.25) is 0 Å². The smallest absolute Gasteiger partial charge is 0.0948 e. The van der Waals surface area contributed by atoms with Gasteiger partial charge < -0.3 is 15.2 Å². The molecule has 0 spiro atoms. The highest BCUT2D eigenvalue weighted by atomic mass is 15.1. The number of hydrogen-bond donors (Lipinski definition) is 1. The number of rotatable bonds is 7. The highest BCUT2D eigenvalue weighted by molar-refractivity contribution is 5.14. The average Bonchev–Trinajstić information content (AvgIpc) is 2.87.